The molecule has 0 radical (unpaired) electrons. The number of nitrogens with zero attached hydrogens (tertiary/aromatic N) is 2. The first-order valence-corrected chi connectivity index (χ1v) is 5.58. The van der Waals surface area contributed by atoms with Crippen molar-refractivity contribution < 1.29 is 9.50 Å². The van der Waals surface area contributed by atoms with Gasteiger partial charge in [0.25, 0.3) is 0 Å². The van der Waals surface area contributed by atoms with E-state index < -0.39 is 6.10 Å². The van der Waals surface area contributed by atoms with Crippen LogP contribution in [0.1, 0.15) is 29.7 Å². The first-order chi connectivity index (χ1) is 8.11. The second kappa shape index (κ2) is 4.67. The summed E-state index contributed by atoms with van der Waals surface area (Å²) in [6, 6.07) is 4.42. The number of halogens is 1. The average molecular weight is 234 g/mol. The summed E-state index contributed by atoms with van der Waals surface area (Å²) in [6.07, 6.45) is 2.55. The average Bonchev–Trinajstić information content (AvgIpc) is 2.80. The molecule has 1 heterocycles. The van der Waals surface area contributed by atoms with Crippen LogP contribution in [0.5, 0.6) is 0 Å². The van der Waals surface area contributed by atoms with Gasteiger partial charge >= 0.3 is 0 Å². The number of aliphatic hydroxyl groups excluding tert-OH is 1. The lowest BCUT2D eigenvalue weighted by atomic mass is 9.99. The number of hydrogen-bond acceptors (Lipinski definition) is 2. The molecule has 0 saturated carbocycles. The van der Waals surface area contributed by atoms with Crippen molar-refractivity contribution in [1.29, 1.82) is 0 Å². The lowest BCUT2D eigenvalue weighted by Gasteiger charge is -2.12. The first-order valence-electron chi connectivity index (χ1n) is 5.58. The van der Waals surface area contributed by atoms with Crippen molar-refractivity contribution in [2.24, 2.45) is 0 Å². The molecule has 3 nitrogen and oxygen atoms in total. The van der Waals surface area contributed by atoms with Crippen molar-refractivity contribution in [3.8, 4) is 0 Å². The Bertz CT molecular complexity index is 522. The van der Waals surface area contributed by atoms with Gasteiger partial charge in [0.1, 0.15) is 11.9 Å². The summed E-state index contributed by atoms with van der Waals surface area (Å²) in [5.74, 6) is -0.340. The highest BCUT2D eigenvalue weighted by atomic mass is 19.1. The number of aliphatic hydroxyl groups is 1. The van der Waals surface area contributed by atoms with Crippen molar-refractivity contribution in [3.63, 3.8) is 0 Å². The third-order valence-electron chi connectivity index (χ3n) is 2.83. The Morgan fingerprint density at radius 1 is 1.47 bits per heavy atom. The normalized spacial score (nSPS) is 12.7. The van der Waals surface area contributed by atoms with Gasteiger partial charge in [0.15, 0.2) is 0 Å². The zero-order valence-electron chi connectivity index (χ0n) is 9.89. The highest BCUT2D eigenvalue weighted by Gasteiger charge is 2.15. The molecular weight excluding hydrogens is 219 g/mol. The molecule has 0 aliphatic carbocycles. The molecule has 1 atom stereocenters. The highest BCUT2D eigenvalue weighted by molar-refractivity contribution is 5.34. The fraction of sp³-hybridized carbons (Fsp3) is 0.308. The van der Waals surface area contributed by atoms with E-state index in [-0.39, 0.29) is 5.82 Å². The Labute approximate surface area is 99.5 Å². The molecule has 0 spiro atoms. The zero-order chi connectivity index (χ0) is 12.4. The molecule has 1 N–H and O–H groups in total. The van der Waals surface area contributed by atoms with Crippen LogP contribution in [-0.2, 0) is 6.54 Å². The predicted molar refractivity (Wildman–Crippen MR) is 63.1 cm³/mol. The maximum Gasteiger partial charge on any atom is 0.123 e. The van der Waals surface area contributed by atoms with E-state index >= 15 is 0 Å². The molecule has 2 aromatic rings. The minimum absolute atomic E-state index is 0.340. The molecule has 90 valence electrons. The number of hydrogen-bond donors (Lipinski definition) is 1. The summed E-state index contributed by atoms with van der Waals surface area (Å²) in [4.78, 5) is 0. The third kappa shape index (κ3) is 2.36. The molecule has 1 unspecified atom stereocenters. The fourth-order valence-electron chi connectivity index (χ4n) is 1.78. The fourth-order valence-corrected chi connectivity index (χ4v) is 1.78. The molecule has 0 saturated heterocycles. The van der Waals surface area contributed by atoms with Crippen LogP contribution in [0.25, 0.3) is 0 Å². The standard InChI is InChI=1S/C13H15FN2O/c1-3-16-8-10(7-15-16)13(17)12-6-11(14)5-4-9(12)2/h4-8,13,17H,3H2,1-2H3. The molecule has 0 bridgehead atoms. The van der Waals surface area contributed by atoms with Gasteiger partial charge in [0, 0.05) is 18.3 Å². The van der Waals surface area contributed by atoms with E-state index in [1.807, 2.05) is 13.8 Å². The topological polar surface area (TPSA) is 38.0 Å². The van der Waals surface area contributed by atoms with Crippen LogP contribution >= 0.6 is 0 Å². The van der Waals surface area contributed by atoms with Crippen LogP contribution in [0.3, 0.4) is 0 Å². The van der Waals surface area contributed by atoms with Gasteiger partial charge in [-0.1, -0.05) is 6.07 Å². The van der Waals surface area contributed by atoms with E-state index in [0.29, 0.717) is 11.1 Å². The molecule has 0 aliphatic rings. The quantitative estimate of drug-likeness (QED) is 0.885. The molecule has 1 aromatic heterocycles. The van der Waals surface area contributed by atoms with Gasteiger partial charge in [0.05, 0.1) is 6.20 Å². The van der Waals surface area contributed by atoms with Gasteiger partial charge in [-0.25, -0.2) is 4.39 Å². The molecule has 2 rings (SSSR count). The van der Waals surface area contributed by atoms with Gasteiger partial charge in [-0.15, -0.1) is 0 Å². The number of rotatable bonds is 3. The number of aromatic nitrogens is 2. The van der Waals surface area contributed by atoms with Crippen molar-refractivity contribution in [1.82, 2.24) is 9.78 Å². The molecular formula is C13H15FN2O. The summed E-state index contributed by atoms with van der Waals surface area (Å²) in [5, 5.41) is 14.3. The van der Waals surface area contributed by atoms with E-state index in [9.17, 15) is 9.50 Å². The SMILES string of the molecule is CCn1cc(C(O)c2cc(F)ccc2C)cn1. The number of aryl methyl sites for hydroxylation is 2. The predicted octanol–water partition coefficient (Wildman–Crippen LogP) is 2.43. The molecule has 4 heteroatoms. The Morgan fingerprint density at radius 3 is 2.88 bits per heavy atom. The summed E-state index contributed by atoms with van der Waals surface area (Å²) < 4.78 is 14.9. The van der Waals surface area contributed by atoms with Gasteiger partial charge in [-0.3, -0.25) is 4.68 Å². The maximum atomic E-state index is 13.2. The second-order valence-corrected chi connectivity index (χ2v) is 4.03. The largest absolute Gasteiger partial charge is 0.384 e. The maximum absolute atomic E-state index is 13.2. The number of benzene rings is 1. The summed E-state index contributed by atoms with van der Waals surface area (Å²) in [7, 11) is 0. The lowest BCUT2D eigenvalue weighted by molar-refractivity contribution is 0.219. The van der Waals surface area contributed by atoms with E-state index in [4.69, 9.17) is 0 Å². The van der Waals surface area contributed by atoms with Crippen LogP contribution in [0.4, 0.5) is 4.39 Å². The molecule has 0 aliphatic heterocycles. The van der Waals surface area contributed by atoms with Crippen LogP contribution in [0.15, 0.2) is 30.6 Å². The molecule has 17 heavy (non-hydrogen) atoms. The van der Waals surface area contributed by atoms with Crippen molar-refractivity contribution in [3.05, 3.63) is 53.1 Å². The van der Waals surface area contributed by atoms with Crippen LogP contribution in [0, 0.1) is 12.7 Å². The van der Waals surface area contributed by atoms with Gasteiger partial charge in [-0.2, -0.15) is 5.10 Å². The van der Waals surface area contributed by atoms with Crippen molar-refractivity contribution in [2.45, 2.75) is 26.5 Å². The third-order valence-corrected chi connectivity index (χ3v) is 2.83. The summed E-state index contributed by atoms with van der Waals surface area (Å²) >= 11 is 0. The highest BCUT2D eigenvalue weighted by Crippen LogP contribution is 2.25. The van der Waals surface area contributed by atoms with Crippen molar-refractivity contribution >= 4 is 0 Å². The van der Waals surface area contributed by atoms with Gasteiger partial charge < -0.3 is 5.11 Å². The second-order valence-electron chi connectivity index (χ2n) is 4.03. The Kier molecular flexibility index (Phi) is 3.24. The van der Waals surface area contributed by atoms with E-state index in [1.165, 1.54) is 12.1 Å². The first kappa shape index (κ1) is 11.8. The zero-order valence-corrected chi connectivity index (χ0v) is 9.89. The minimum atomic E-state index is -0.828. The van der Waals surface area contributed by atoms with E-state index in [0.717, 1.165) is 12.1 Å². The summed E-state index contributed by atoms with van der Waals surface area (Å²) in [5.41, 5.74) is 2.13. The van der Waals surface area contributed by atoms with Crippen LogP contribution in [-0.4, -0.2) is 14.9 Å². The minimum Gasteiger partial charge on any atom is -0.384 e. The Balaban J connectivity index is 2.35. The van der Waals surface area contributed by atoms with Crippen LogP contribution in [0.2, 0.25) is 0 Å². The Morgan fingerprint density at radius 2 is 2.24 bits per heavy atom. The van der Waals surface area contributed by atoms with E-state index in [2.05, 4.69) is 5.10 Å². The summed E-state index contributed by atoms with van der Waals surface area (Å²) in [6.45, 7) is 4.56. The molecule has 0 fully saturated rings. The van der Waals surface area contributed by atoms with E-state index in [1.54, 1.807) is 23.1 Å². The van der Waals surface area contributed by atoms with Crippen molar-refractivity contribution in [2.75, 3.05) is 0 Å². The smallest absolute Gasteiger partial charge is 0.123 e. The monoisotopic (exact) mass is 234 g/mol. The molecule has 1 aromatic carbocycles. The van der Waals surface area contributed by atoms with Gasteiger partial charge in [0.2, 0.25) is 0 Å². The van der Waals surface area contributed by atoms with Gasteiger partial charge in [-0.05, 0) is 37.1 Å². The molecule has 0 amide bonds. The lowest BCUT2D eigenvalue weighted by Crippen LogP contribution is -2.02. The Hall–Kier alpha value is -1.68. The van der Waals surface area contributed by atoms with Crippen LogP contribution < -0.4 is 0 Å².